The third-order valence-electron chi connectivity index (χ3n) is 2.53. The van der Waals surface area contributed by atoms with Crippen molar-refractivity contribution < 1.29 is 19.0 Å². The van der Waals surface area contributed by atoms with Gasteiger partial charge in [0, 0.05) is 11.8 Å². The van der Waals surface area contributed by atoms with E-state index in [0.29, 0.717) is 15.4 Å². The van der Waals surface area contributed by atoms with Crippen LogP contribution in [-0.2, 0) is 0 Å². The first-order valence-corrected chi connectivity index (χ1v) is 6.80. The van der Waals surface area contributed by atoms with Crippen LogP contribution in [0.1, 0.15) is 14.5 Å². The Balaban J connectivity index is 2.10. The third-order valence-corrected chi connectivity index (χ3v) is 3.53. The monoisotopic (exact) mass is 305 g/mol. The van der Waals surface area contributed by atoms with Gasteiger partial charge in [0.15, 0.2) is 11.6 Å². The zero-order valence-electron chi connectivity index (χ0n) is 11.1. The van der Waals surface area contributed by atoms with Crippen molar-refractivity contribution in [2.75, 3.05) is 19.0 Å². The lowest BCUT2D eigenvalue weighted by molar-refractivity contribution is 0.103. The normalized spacial score (nSPS) is 9.67. The number of hydrogen-bond donors (Lipinski definition) is 2. The van der Waals surface area contributed by atoms with Gasteiger partial charge in [-0.15, -0.1) is 11.3 Å². The molecule has 1 aromatic heterocycles. The van der Waals surface area contributed by atoms with Crippen LogP contribution in [0.5, 0.6) is 5.75 Å². The van der Waals surface area contributed by atoms with Gasteiger partial charge >= 0.3 is 0 Å². The minimum absolute atomic E-state index is 0.116. The summed E-state index contributed by atoms with van der Waals surface area (Å²) in [5, 5.41) is 11.2. The maximum atomic E-state index is 13.5. The van der Waals surface area contributed by atoms with Gasteiger partial charge in [-0.05, 0) is 24.3 Å². The van der Waals surface area contributed by atoms with Crippen LogP contribution in [0.2, 0.25) is 0 Å². The van der Waals surface area contributed by atoms with E-state index in [1.807, 2.05) is 0 Å². The lowest BCUT2D eigenvalue weighted by Crippen LogP contribution is -2.10. The molecule has 0 aliphatic carbocycles. The highest BCUT2D eigenvalue weighted by Crippen LogP contribution is 2.22. The van der Waals surface area contributed by atoms with Crippen molar-refractivity contribution in [2.24, 2.45) is 0 Å². The van der Waals surface area contributed by atoms with Crippen LogP contribution >= 0.6 is 11.3 Å². The lowest BCUT2D eigenvalue weighted by Gasteiger charge is -2.06. The van der Waals surface area contributed by atoms with Gasteiger partial charge in [0.05, 0.1) is 16.9 Å². The molecule has 4 nitrogen and oxygen atoms in total. The molecule has 108 valence electrons. The predicted molar refractivity (Wildman–Crippen MR) is 79.2 cm³/mol. The molecule has 1 amide bonds. The number of nitrogens with one attached hydrogen (secondary N) is 1. The van der Waals surface area contributed by atoms with E-state index in [9.17, 15) is 9.18 Å². The molecule has 1 aromatic carbocycles. The maximum Gasteiger partial charge on any atom is 0.265 e. The molecular weight excluding hydrogens is 293 g/mol. The van der Waals surface area contributed by atoms with E-state index < -0.39 is 5.82 Å². The number of halogens is 1. The second kappa shape index (κ2) is 6.88. The Hall–Kier alpha value is -2.36. The lowest BCUT2D eigenvalue weighted by atomic mass is 10.3. The van der Waals surface area contributed by atoms with Crippen LogP contribution < -0.4 is 10.1 Å². The number of thiophene rings is 1. The fraction of sp³-hybridized carbons (Fsp3) is 0.133. The standard InChI is InChI=1S/C15H12FNO3S/c1-20-13-6-4-10(9-12(13)16)17-15(19)14-7-5-11(21-14)3-2-8-18/h4-7,9,18H,8H2,1H3,(H,17,19). The first kappa shape index (κ1) is 15.0. The number of benzene rings is 1. The molecule has 6 heteroatoms. The van der Waals surface area contributed by atoms with Crippen molar-refractivity contribution in [1.29, 1.82) is 0 Å². The highest BCUT2D eigenvalue weighted by atomic mass is 32.1. The van der Waals surface area contributed by atoms with Crippen molar-refractivity contribution in [3.8, 4) is 17.6 Å². The zero-order valence-corrected chi connectivity index (χ0v) is 12.0. The topological polar surface area (TPSA) is 58.6 Å². The maximum absolute atomic E-state index is 13.5. The number of carbonyl (C=O) groups excluding carboxylic acids is 1. The molecule has 0 saturated carbocycles. The Morgan fingerprint density at radius 2 is 2.24 bits per heavy atom. The van der Waals surface area contributed by atoms with Gasteiger partial charge in [0.2, 0.25) is 0 Å². The average Bonchev–Trinajstić information content (AvgIpc) is 2.94. The Bertz CT molecular complexity index is 715. The highest BCUT2D eigenvalue weighted by Gasteiger charge is 2.10. The fourth-order valence-electron chi connectivity index (χ4n) is 1.59. The molecule has 0 aliphatic rings. The SMILES string of the molecule is COc1ccc(NC(=O)c2ccc(C#CCO)s2)cc1F. The fourth-order valence-corrected chi connectivity index (χ4v) is 2.37. The average molecular weight is 305 g/mol. The van der Waals surface area contributed by atoms with Crippen molar-refractivity contribution in [1.82, 2.24) is 0 Å². The third kappa shape index (κ3) is 3.81. The van der Waals surface area contributed by atoms with E-state index in [2.05, 4.69) is 17.2 Å². The summed E-state index contributed by atoms with van der Waals surface area (Å²) < 4.78 is 18.3. The second-order valence-electron chi connectivity index (χ2n) is 3.93. The van der Waals surface area contributed by atoms with Crippen LogP contribution in [-0.4, -0.2) is 24.7 Å². The molecular formula is C15H12FNO3S. The number of ether oxygens (including phenoxy) is 1. The Morgan fingerprint density at radius 3 is 2.90 bits per heavy atom. The van der Waals surface area contributed by atoms with Crippen LogP contribution in [0.3, 0.4) is 0 Å². The summed E-state index contributed by atoms with van der Waals surface area (Å²) >= 11 is 1.20. The molecule has 1 heterocycles. The number of aliphatic hydroxyl groups excluding tert-OH is 1. The molecule has 0 spiro atoms. The molecule has 0 saturated heterocycles. The van der Waals surface area contributed by atoms with E-state index in [-0.39, 0.29) is 18.3 Å². The number of amides is 1. The number of rotatable bonds is 3. The summed E-state index contributed by atoms with van der Waals surface area (Å²) in [5.41, 5.74) is 0.342. The molecule has 0 unspecified atom stereocenters. The van der Waals surface area contributed by atoms with Crippen LogP contribution in [0, 0.1) is 17.7 Å². The van der Waals surface area contributed by atoms with Gasteiger partial charge in [0.1, 0.15) is 6.61 Å². The number of carbonyl (C=O) groups is 1. The molecule has 0 fully saturated rings. The van der Waals surface area contributed by atoms with E-state index in [1.54, 1.807) is 18.2 Å². The summed E-state index contributed by atoms with van der Waals surface area (Å²) in [7, 11) is 1.37. The number of hydrogen-bond acceptors (Lipinski definition) is 4. The first-order chi connectivity index (χ1) is 10.1. The molecule has 0 bridgehead atoms. The van der Waals surface area contributed by atoms with E-state index in [4.69, 9.17) is 9.84 Å². The minimum atomic E-state index is -0.545. The Labute approximate surface area is 125 Å². The van der Waals surface area contributed by atoms with Crippen LogP contribution in [0.4, 0.5) is 10.1 Å². The van der Waals surface area contributed by atoms with Gasteiger partial charge in [-0.1, -0.05) is 11.8 Å². The van der Waals surface area contributed by atoms with Crippen LogP contribution in [0.15, 0.2) is 30.3 Å². The molecule has 0 aliphatic heterocycles. The summed E-state index contributed by atoms with van der Waals surface area (Å²) in [6.45, 7) is -0.232. The number of methoxy groups -OCH3 is 1. The van der Waals surface area contributed by atoms with Gasteiger partial charge in [0.25, 0.3) is 5.91 Å². The molecule has 21 heavy (non-hydrogen) atoms. The Kier molecular flexibility index (Phi) is 4.93. The van der Waals surface area contributed by atoms with E-state index >= 15 is 0 Å². The Morgan fingerprint density at radius 1 is 1.43 bits per heavy atom. The van der Waals surface area contributed by atoms with Gasteiger partial charge in [-0.2, -0.15) is 0 Å². The molecule has 2 N–H and O–H groups in total. The van der Waals surface area contributed by atoms with Crippen molar-refractivity contribution in [2.45, 2.75) is 0 Å². The van der Waals surface area contributed by atoms with Gasteiger partial charge in [-0.25, -0.2) is 4.39 Å². The summed E-state index contributed by atoms with van der Waals surface area (Å²) in [6.07, 6.45) is 0. The van der Waals surface area contributed by atoms with E-state index in [1.165, 1.54) is 30.6 Å². The molecule has 2 rings (SSSR count). The minimum Gasteiger partial charge on any atom is -0.494 e. The molecule has 0 atom stereocenters. The molecule has 2 aromatic rings. The highest BCUT2D eigenvalue weighted by molar-refractivity contribution is 7.14. The van der Waals surface area contributed by atoms with Crippen molar-refractivity contribution in [3.63, 3.8) is 0 Å². The second-order valence-corrected chi connectivity index (χ2v) is 5.01. The van der Waals surface area contributed by atoms with Gasteiger partial charge in [-0.3, -0.25) is 4.79 Å². The van der Waals surface area contributed by atoms with E-state index in [0.717, 1.165) is 0 Å². The van der Waals surface area contributed by atoms with Crippen molar-refractivity contribution in [3.05, 3.63) is 45.9 Å². The zero-order chi connectivity index (χ0) is 15.2. The quantitative estimate of drug-likeness (QED) is 0.857. The number of aliphatic hydroxyl groups is 1. The first-order valence-electron chi connectivity index (χ1n) is 5.98. The predicted octanol–water partition coefficient (Wildman–Crippen LogP) is 2.49. The largest absolute Gasteiger partial charge is 0.494 e. The summed E-state index contributed by atoms with van der Waals surface area (Å²) in [4.78, 5) is 13.1. The smallest absolute Gasteiger partial charge is 0.265 e. The number of anilines is 1. The summed E-state index contributed by atoms with van der Waals surface area (Å²) in [5.74, 6) is 4.45. The molecule has 0 radical (unpaired) electrons. The summed E-state index contributed by atoms with van der Waals surface area (Å²) in [6, 6.07) is 7.51. The van der Waals surface area contributed by atoms with Crippen molar-refractivity contribution >= 4 is 22.9 Å². The van der Waals surface area contributed by atoms with Crippen LogP contribution in [0.25, 0.3) is 0 Å². The van der Waals surface area contributed by atoms with Gasteiger partial charge < -0.3 is 15.2 Å².